The van der Waals surface area contributed by atoms with E-state index in [1.165, 1.54) is 0 Å². The quantitative estimate of drug-likeness (QED) is 0.793. The molecule has 0 saturated heterocycles. The third-order valence-electron chi connectivity index (χ3n) is 2.42. The van der Waals surface area contributed by atoms with Gasteiger partial charge in [0.1, 0.15) is 10.6 Å². The van der Waals surface area contributed by atoms with E-state index in [0.29, 0.717) is 11.3 Å². The van der Waals surface area contributed by atoms with E-state index >= 15 is 0 Å². The average Bonchev–Trinajstić information content (AvgIpc) is 2.70. The Morgan fingerprint density at radius 3 is 2.68 bits per heavy atom. The summed E-state index contributed by atoms with van der Waals surface area (Å²) in [6.07, 6.45) is 0. The molecule has 0 atom stereocenters. The van der Waals surface area contributed by atoms with Crippen LogP contribution in [0.2, 0.25) is 0 Å². The van der Waals surface area contributed by atoms with Gasteiger partial charge in [0.15, 0.2) is 0 Å². The van der Waals surface area contributed by atoms with Gasteiger partial charge in [-0.3, -0.25) is 4.79 Å². The normalized spacial score (nSPS) is 10.2. The molecular weight excluding hydrogens is 379 g/mol. The summed E-state index contributed by atoms with van der Waals surface area (Å²) < 4.78 is 4.75. The highest BCUT2D eigenvalue weighted by molar-refractivity contribution is 14.1. The Kier molecular flexibility index (Phi) is 4.15. The zero-order valence-electron chi connectivity index (χ0n) is 9.81. The van der Waals surface area contributed by atoms with Crippen LogP contribution in [0.25, 0.3) is 0 Å². The molecule has 0 aliphatic carbocycles. The van der Waals surface area contributed by atoms with Gasteiger partial charge >= 0.3 is 5.97 Å². The SMILES string of the molecule is Cc1nsc(NC(=O)c2ccccc2I)c1C(=O)O. The van der Waals surface area contributed by atoms with Crippen LogP contribution in [-0.2, 0) is 0 Å². The minimum atomic E-state index is -1.09. The number of rotatable bonds is 3. The fraction of sp³-hybridized carbons (Fsp3) is 0.0833. The number of aromatic carboxylic acids is 1. The van der Waals surface area contributed by atoms with E-state index < -0.39 is 5.97 Å². The highest BCUT2D eigenvalue weighted by Gasteiger charge is 2.20. The molecule has 0 radical (unpaired) electrons. The highest BCUT2D eigenvalue weighted by atomic mass is 127. The van der Waals surface area contributed by atoms with Crippen molar-refractivity contribution in [2.75, 3.05) is 5.32 Å². The van der Waals surface area contributed by atoms with Gasteiger partial charge < -0.3 is 10.4 Å². The Balaban J connectivity index is 2.30. The Morgan fingerprint density at radius 1 is 1.37 bits per heavy atom. The van der Waals surface area contributed by atoms with Crippen LogP contribution in [0, 0.1) is 10.5 Å². The van der Waals surface area contributed by atoms with Crippen LogP contribution in [0.4, 0.5) is 5.00 Å². The maximum absolute atomic E-state index is 12.1. The average molecular weight is 388 g/mol. The number of amides is 1. The van der Waals surface area contributed by atoms with E-state index in [4.69, 9.17) is 5.11 Å². The second-order valence-electron chi connectivity index (χ2n) is 3.71. The van der Waals surface area contributed by atoms with Crippen LogP contribution in [0.5, 0.6) is 0 Å². The van der Waals surface area contributed by atoms with E-state index in [1.807, 2.05) is 12.1 Å². The third-order valence-corrected chi connectivity index (χ3v) is 4.22. The molecular formula is C12H9IN2O3S. The number of benzene rings is 1. The first-order chi connectivity index (χ1) is 9.00. The Morgan fingerprint density at radius 2 is 2.05 bits per heavy atom. The zero-order chi connectivity index (χ0) is 14.0. The van der Waals surface area contributed by atoms with Gasteiger partial charge in [-0.05, 0) is 53.2 Å². The first kappa shape index (κ1) is 13.9. The molecule has 0 unspecified atom stereocenters. The standard InChI is InChI=1S/C12H9IN2O3S/c1-6-9(12(17)18)11(19-15-6)14-10(16)7-4-2-3-5-8(7)13/h2-5H,1H3,(H,14,16)(H,17,18). The second-order valence-corrected chi connectivity index (χ2v) is 5.65. The first-order valence-electron chi connectivity index (χ1n) is 5.26. The lowest BCUT2D eigenvalue weighted by atomic mass is 10.2. The monoisotopic (exact) mass is 388 g/mol. The van der Waals surface area contributed by atoms with Gasteiger partial charge in [0.25, 0.3) is 5.91 Å². The molecule has 1 aromatic heterocycles. The number of nitrogens with one attached hydrogen (secondary N) is 1. The predicted octanol–water partition coefficient (Wildman–Crippen LogP) is 3.01. The number of aromatic nitrogens is 1. The summed E-state index contributed by atoms with van der Waals surface area (Å²) in [4.78, 5) is 23.2. The zero-order valence-corrected chi connectivity index (χ0v) is 12.8. The fourth-order valence-electron chi connectivity index (χ4n) is 1.52. The number of hydrogen-bond donors (Lipinski definition) is 2. The molecule has 2 rings (SSSR count). The summed E-state index contributed by atoms with van der Waals surface area (Å²) >= 11 is 3.02. The third kappa shape index (κ3) is 2.92. The van der Waals surface area contributed by atoms with Gasteiger partial charge in [0.05, 0.1) is 11.3 Å². The number of carbonyl (C=O) groups excluding carboxylic acids is 1. The van der Waals surface area contributed by atoms with Gasteiger partial charge in [0, 0.05) is 3.57 Å². The van der Waals surface area contributed by atoms with E-state index in [2.05, 4.69) is 32.3 Å². The van der Waals surface area contributed by atoms with Gasteiger partial charge in [-0.1, -0.05) is 12.1 Å². The van der Waals surface area contributed by atoms with Crippen molar-refractivity contribution in [1.82, 2.24) is 4.37 Å². The number of aryl methyl sites for hydroxylation is 1. The van der Waals surface area contributed by atoms with Crippen molar-refractivity contribution >= 4 is 51.0 Å². The lowest BCUT2D eigenvalue weighted by Crippen LogP contribution is -2.14. The number of carbonyl (C=O) groups is 2. The molecule has 19 heavy (non-hydrogen) atoms. The molecule has 5 nitrogen and oxygen atoms in total. The van der Waals surface area contributed by atoms with Crippen LogP contribution < -0.4 is 5.32 Å². The van der Waals surface area contributed by atoms with Crippen molar-refractivity contribution in [3.05, 3.63) is 44.7 Å². The summed E-state index contributed by atoms with van der Waals surface area (Å²) in [5, 5.41) is 11.9. The maximum atomic E-state index is 12.1. The van der Waals surface area contributed by atoms with Crippen LogP contribution in [0.3, 0.4) is 0 Å². The number of anilines is 1. The summed E-state index contributed by atoms with van der Waals surface area (Å²) in [7, 11) is 0. The van der Waals surface area contributed by atoms with Crippen molar-refractivity contribution < 1.29 is 14.7 Å². The van der Waals surface area contributed by atoms with E-state index in [-0.39, 0.29) is 16.5 Å². The molecule has 0 fully saturated rings. The maximum Gasteiger partial charge on any atom is 0.340 e. The lowest BCUT2D eigenvalue weighted by molar-refractivity contribution is 0.0697. The van der Waals surface area contributed by atoms with E-state index in [0.717, 1.165) is 15.1 Å². The summed E-state index contributed by atoms with van der Waals surface area (Å²) in [6, 6.07) is 7.09. The van der Waals surface area contributed by atoms with Crippen LogP contribution in [0.1, 0.15) is 26.4 Å². The van der Waals surface area contributed by atoms with Crippen molar-refractivity contribution in [1.29, 1.82) is 0 Å². The number of hydrogen-bond acceptors (Lipinski definition) is 4. The molecule has 1 aromatic carbocycles. The Bertz CT molecular complexity index is 654. The molecule has 2 N–H and O–H groups in total. The molecule has 0 aliphatic rings. The molecule has 0 bridgehead atoms. The van der Waals surface area contributed by atoms with Crippen LogP contribution in [0.15, 0.2) is 24.3 Å². The topological polar surface area (TPSA) is 79.3 Å². The summed E-state index contributed by atoms with van der Waals surface area (Å²) in [5.41, 5.74) is 0.949. The molecule has 1 heterocycles. The van der Waals surface area contributed by atoms with Gasteiger partial charge in [-0.25, -0.2) is 4.79 Å². The number of carboxylic acids is 1. The van der Waals surface area contributed by atoms with E-state index in [9.17, 15) is 9.59 Å². The van der Waals surface area contributed by atoms with Crippen molar-refractivity contribution in [3.8, 4) is 0 Å². The van der Waals surface area contributed by atoms with Crippen molar-refractivity contribution in [3.63, 3.8) is 0 Å². The Labute approximate surface area is 127 Å². The van der Waals surface area contributed by atoms with E-state index in [1.54, 1.807) is 19.1 Å². The van der Waals surface area contributed by atoms with Gasteiger partial charge in [0.2, 0.25) is 0 Å². The largest absolute Gasteiger partial charge is 0.478 e. The second kappa shape index (κ2) is 5.66. The molecule has 98 valence electrons. The summed E-state index contributed by atoms with van der Waals surface area (Å²) in [5.74, 6) is -1.43. The minimum Gasteiger partial charge on any atom is -0.478 e. The predicted molar refractivity (Wildman–Crippen MR) is 80.9 cm³/mol. The first-order valence-corrected chi connectivity index (χ1v) is 7.11. The fourth-order valence-corrected chi connectivity index (χ4v) is 2.94. The minimum absolute atomic E-state index is 0.0456. The van der Waals surface area contributed by atoms with Crippen molar-refractivity contribution in [2.45, 2.75) is 6.92 Å². The highest BCUT2D eigenvalue weighted by Crippen LogP contribution is 2.25. The summed E-state index contributed by atoms with van der Waals surface area (Å²) in [6.45, 7) is 1.60. The number of halogens is 1. The molecule has 2 aromatic rings. The smallest absolute Gasteiger partial charge is 0.340 e. The van der Waals surface area contributed by atoms with Crippen LogP contribution >= 0.6 is 34.1 Å². The van der Waals surface area contributed by atoms with Gasteiger partial charge in [-0.15, -0.1) is 0 Å². The molecule has 0 aliphatic heterocycles. The van der Waals surface area contributed by atoms with Crippen molar-refractivity contribution in [2.24, 2.45) is 0 Å². The number of nitrogens with zero attached hydrogens (tertiary/aromatic N) is 1. The molecule has 0 saturated carbocycles. The molecule has 1 amide bonds. The van der Waals surface area contributed by atoms with Crippen LogP contribution in [-0.4, -0.2) is 21.4 Å². The molecule has 0 spiro atoms. The molecule has 7 heteroatoms. The Hall–Kier alpha value is -1.48. The lowest BCUT2D eigenvalue weighted by Gasteiger charge is -2.05. The number of carboxylic acid groups (broad SMARTS) is 1. The van der Waals surface area contributed by atoms with Gasteiger partial charge in [-0.2, -0.15) is 4.37 Å².